The standard InChI is InChI=1S/C15H19BrO5/c1-4-11(16)9-15(18)21-14(17)8-10-5-6-12(19-2)13(7-10)20-3/h5-7,11H,4,8-9H2,1-3H3. The summed E-state index contributed by atoms with van der Waals surface area (Å²) in [6.45, 7) is 1.94. The first-order valence-corrected chi connectivity index (χ1v) is 7.50. The Bertz CT molecular complexity index is 501. The lowest BCUT2D eigenvalue weighted by Crippen LogP contribution is -2.17. The Kier molecular flexibility index (Phi) is 7.22. The van der Waals surface area contributed by atoms with Crippen molar-refractivity contribution in [2.75, 3.05) is 14.2 Å². The molecule has 0 fully saturated rings. The van der Waals surface area contributed by atoms with Crippen molar-refractivity contribution in [1.29, 1.82) is 0 Å². The molecule has 0 aliphatic heterocycles. The fourth-order valence-corrected chi connectivity index (χ4v) is 1.95. The van der Waals surface area contributed by atoms with E-state index < -0.39 is 11.9 Å². The van der Waals surface area contributed by atoms with E-state index in [1.54, 1.807) is 18.2 Å². The molecular formula is C15H19BrO5. The van der Waals surface area contributed by atoms with Crippen LogP contribution in [-0.2, 0) is 20.7 Å². The number of halogens is 1. The Balaban J connectivity index is 2.60. The summed E-state index contributed by atoms with van der Waals surface area (Å²) in [5, 5.41) is 0. The van der Waals surface area contributed by atoms with Crippen LogP contribution < -0.4 is 9.47 Å². The lowest BCUT2D eigenvalue weighted by atomic mass is 10.1. The average molecular weight is 359 g/mol. The second kappa shape index (κ2) is 8.67. The molecule has 1 rings (SSSR count). The van der Waals surface area contributed by atoms with Crippen LogP contribution >= 0.6 is 15.9 Å². The van der Waals surface area contributed by atoms with Crippen LogP contribution in [0.15, 0.2) is 18.2 Å². The number of hydrogen-bond acceptors (Lipinski definition) is 5. The van der Waals surface area contributed by atoms with E-state index in [9.17, 15) is 9.59 Å². The van der Waals surface area contributed by atoms with Gasteiger partial charge < -0.3 is 14.2 Å². The summed E-state index contributed by atoms with van der Waals surface area (Å²) >= 11 is 3.33. The molecule has 6 heteroatoms. The van der Waals surface area contributed by atoms with E-state index in [1.165, 1.54) is 14.2 Å². The van der Waals surface area contributed by atoms with Gasteiger partial charge >= 0.3 is 11.9 Å². The smallest absolute Gasteiger partial charge is 0.317 e. The van der Waals surface area contributed by atoms with Crippen molar-refractivity contribution in [3.8, 4) is 11.5 Å². The molecule has 0 bridgehead atoms. The molecule has 5 nitrogen and oxygen atoms in total. The van der Waals surface area contributed by atoms with Crippen LogP contribution in [0.2, 0.25) is 0 Å². The van der Waals surface area contributed by atoms with Gasteiger partial charge in [-0.05, 0) is 24.1 Å². The molecule has 0 aromatic heterocycles. The summed E-state index contributed by atoms with van der Waals surface area (Å²) < 4.78 is 15.0. The minimum atomic E-state index is -0.581. The van der Waals surface area contributed by atoms with Gasteiger partial charge in [0.1, 0.15) is 0 Å². The zero-order chi connectivity index (χ0) is 15.8. The minimum absolute atomic E-state index is 0.00513. The number of rotatable bonds is 7. The molecule has 1 atom stereocenters. The van der Waals surface area contributed by atoms with Gasteiger partial charge in [-0.3, -0.25) is 9.59 Å². The van der Waals surface area contributed by atoms with Crippen molar-refractivity contribution in [3.05, 3.63) is 23.8 Å². The third-order valence-corrected chi connectivity index (χ3v) is 3.83. The van der Waals surface area contributed by atoms with Crippen LogP contribution in [0.1, 0.15) is 25.3 Å². The van der Waals surface area contributed by atoms with E-state index in [1.807, 2.05) is 6.92 Å². The molecule has 0 saturated carbocycles. The highest BCUT2D eigenvalue weighted by molar-refractivity contribution is 9.09. The summed E-state index contributed by atoms with van der Waals surface area (Å²) in [7, 11) is 3.05. The molecule has 0 heterocycles. The molecule has 0 N–H and O–H groups in total. The van der Waals surface area contributed by atoms with Crippen molar-refractivity contribution < 1.29 is 23.8 Å². The van der Waals surface area contributed by atoms with Crippen molar-refractivity contribution >= 4 is 27.9 Å². The van der Waals surface area contributed by atoms with Crippen LogP contribution in [0.5, 0.6) is 11.5 Å². The van der Waals surface area contributed by atoms with Crippen LogP contribution in [0.4, 0.5) is 0 Å². The predicted octanol–water partition coefficient (Wildman–Crippen LogP) is 2.88. The van der Waals surface area contributed by atoms with Gasteiger partial charge in [-0.25, -0.2) is 0 Å². The second-order valence-electron chi connectivity index (χ2n) is 4.42. The Morgan fingerprint density at radius 1 is 1.14 bits per heavy atom. The van der Waals surface area contributed by atoms with Crippen molar-refractivity contribution in [1.82, 2.24) is 0 Å². The Morgan fingerprint density at radius 3 is 2.38 bits per heavy atom. The van der Waals surface area contributed by atoms with Gasteiger partial charge in [-0.2, -0.15) is 0 Å². The van der Waals surface area contributed by atoms with Gasteiger partial charge in [0.25, 0.3) is 0 Å². The summed E-state index contributed by atoms with van der Waals surface area (Å²) in [6.07, 6.45) is 0.971. The van der Waals surface area contributed by atoms with Crippen molar-refractivity contribution in [3.63, 3.8) is 0 Å². The fraction of sp³-hybridized carbons (Fsp3) is 0.467. The summed E-state index contributed by atoms with van der Waals surface area (Å²) in [4.78, 5) is 23.3. The number of esters is 2. The molecule has 0 amide bonds. The van der Waals surface area contributed by atoms with Gasteiger partial charge in [0, 0.05) is 4.83 Å². The molecule has 1 aromatic carbocycles. The number of methoxy groups -OCH3 is 2. The monoisotopic (exact) mass is 358 g/mol. The lowest BCUT2D eigenvalue weighted by Gasteiger charge is -2.09. The van der Waals surface area contributed by atoms with E-state index >= 15 is 0 Å². The Hall–Kier alpha value is -1.56. The van der Waals surface area contributed by atoms with E-state index in [-0.39, 0.29) is 17.7 Å². The topological polar surface area (TPSA) is 61.8 Å². The summed E-state index contributed by atoms with van der Waals surface area (Å²) in [6, 6.07) is 5.12. The first-order chi connectivity index (χ1) is 9.99. The highest BCUT2D eigenvalue weighted by atomic mass is 79.9. The predicted molar refractivity (Wildman–Crippen MR) is 82.0 cm³/mol. The molecule has 0 saturated heterocycles. The highest BCUT2D eigenvalue weighted by Gasteiger charge is 2.15. The SMILES string of the molecule is CCC(Br)CC(=O)OC(=O)Cc1ccc(OC)c(OC)c1. The number of hydrogen-bond donors (Lipinski definition) is 0. The van der Waals surface area contributed by atoms with E-state index in [2.05, 4.69) is 15.9 Å². The maximum atomic E-state index is 11.7. The van der Waals surface area contributed by atoms with E-state index in [0.29, 0.717) is 17.1 Å². The maximum Gasteiger partial charge on any atom is 0.317 e. The number of benzene rings is 1. The maximum absolute atomic E-state index is 11.7. The molecule has 0 spiro atoms. The van der Waals surface area contributed by atoms with Crippen LogP contribution in [-0.4, -0.2) is 31.0 Å². The first kappa shape index (κ1) is 17.5. The number of ether oxygens (including phenoxy) is 3. The van der Waals surface area contributed by atoms with Crippen molar-refractivity contribution in [2.45, 2.75) is 31.0 Å². The zero-order valence-electron chi connectivity index (χ0n) is 12.3. The molecule has 0 radical (unpaired) electrons. The first-order valence-electron chi connectivity index (χ1n) is 6.58. The average Bonchev–Trinajstić information content (AvgIpc) is 2.46. The third-order valence-electron chi connectivity index (χ3n) is 2.86. The zero-order valence-corrected chi connectivity index (χ0v) is 13.9. The third kappa shape index (κ3) is 5.75. The number of carbonyl (C=O) groups excluding carboxylic acids is 2. The lowest BCUT2D eigenvalue weighted by molar-refractivity contribution is -0.159. The van der Waals surface area contributed by atoms with E-state index in [4.69, 9.17) is 14.2 Å². The Morgan fingerprint density at radius 2 is 1.81 bits per heavy atom. The second-order valence-corrected chi connectivity index (χ2v) is 5.72. The normalized spacial score (nSPS) is 11.6. The van der Waals surface area contributed by atoms with E-state index in [0.717, 1.165) is 6.42 Å². The molecule has 0 aliphatic rings. The van der Waals surface area contributed by atoms with Gasteiger partial charge in [-0.1, -0.05) is 28.9 Å². The van der Waals surface area contributed by atoms with Gasteiger partial charge in [0.15, 0.2) is 11.5 Å². The largest absolute Gasteiger partial charge is 0.493 e. The number of carbonyl (C=O) groups is 2. The van der Waals surface area contributed by atoms with Gasteiger partial charge in [-0.15, -0.1) is 0 Å². The molecule has 0 aliphatic carbocycles. The van der Waals surface area contributed by atoms with Crippen LogP contribution in [0, 0.1) is 0 Å². The highest BCUT2D eigenvalue weighted by Crippen LogP contribution is 2.27. The van der Waals surface area contributed by atoms with Crippen LogP contribution in [0.3, 0.4) is 0 Å². The molecular weight excluding hydrogens is 340 g/mol. The Labute approximate surface area is 132 Å². The molecule has 1 aromatic rings. The fourth-order valence-electron chi connectivity index (χ4n) is 1.69. The quantitative estimate of drug-likeness (QED) is 0.426. The van der Waals surface area contributed by atoms with Gasteiger partial charge in [0.05, 0.1) is 27.1 Å². The molecule has 116 valence electrons. The van der Waals surface area contributed by atoms with Crippen LogP contribution in [0.25, 0.3) is 0 Å². The van der Waals surface area contributed by atoms with Crippen molar-refractivity contribution in [2.24, 2.45) is 0 Å². The molecule has 1 unspecified atom stereocenters. The summed E-state index contributed by atoms with van der Waals surface area (Å²) in [5.74, 6) is 0.00336. The van der Waals surface area contributed by atoms with Gasteiger partial charge in [0.2, 0.25) is 0 Å². The summed E-state index contributed by atoms with van der Waals surface area (Å²) in [5.41, 5.74) is 0.691. The minimum Gasteiger partial charge on any atom is -0.493 e. The molecule has 21 heavy (non-hydrogen) atoms. The number of alkyl halides is 1.